The Balaban J connectivity index is 1.46. The first-order valence-electron chi connectivity index (χ1n) is 8.80. The van der Waals surface area contributed by atoms with Gasteiger partial charge in [-0.1, -0.05) is 12.1 Å². The molecule has 6 nitrogen and oxygen atoms in total. The normalized spacial score (nSPS) is 12.5. The maximum atomic E-state index is 12.4. The molecule has 1 amide bonds. The zero-order valence-corrected chi connectivity index (χ0v) is 14.9. The number of carbonyl (C=O) groups excluding carboxylic acids is 2. The first-order chi connectivity index (χ1) is 13.2. The van der Waals surface area contributed by atoms with Crippen LogP contribution in [0.4, 0.5) is 5.69 Å². The molecule has 3 aromatic rings. The van der Waals surface area contributed by atoms with Crippen LogP contribution in [0.2, 0.25) is 0 Å². The predicted octanol–water partition coefficient (Wildman–Crippen LogP) is 3.54. The second-order valence-electron chi connectivity index (χ2n) is 6.42. The second-order valence-corrected chi connectivity index (χ2v) is 6.42. The molecule has 0 saturated carbocycles. The van der Waals surface area contributed by atoms with E-state index in [2.05, 4.69) is 19.6 Å². The fourth-order valence-electron chi connectivity index (χ4n) is 3.29. The molecule has 4 rings (SSSR count). The number of hydrogen-bond donors (Lipinski definition) is 1. The number of aryl methyl sites for hydroxylation is 1. The maximum Gasteiger partial charge on any atom is 0.337 e. The Kier molecular flexibility index (Phi) is 4.46. The topological polar surface area (TPSA) is 73.2 Å². The van der Waals surface area contributed by atoms with Crippen molar-refractivity contribution in [1.82, 2.24) is 9.55 Å². The lowest BCUT2D eigenvalue weighted by atomic mass is 10.1. The van der Waals surface area contributed by atoms with E-state index >= 15 is 0 Å². The summed E-state index contributed by atoms with van der Waals surface area (Å²) in [5.74, 6) is 0.478. The number of esters is 1. The summed E-state index contributed by atoms with van der Waals surface area (Å²) in [6.45, 7) is 1.00. The number of amides is 1. The van der Waals surface area contributed by atoms with Crippen molar-refractivity contribution in [3.8, 4) is 11.3 Å². The zero-order valence-electron chi connectivity index (χ0n) is 14.9. The summed E-state index contributed by atoms with van der Waals surface area (Å²) in [5, 5.41) is 2.87. The largest absolute Gasteiger partial charge is 0.465 e. The predicted molar refractivity (Wildman–Crippen MR) is 102 cm³/mol. The van der Waals surface area contributed by atoms with Gasteiger partial charge in [0.15, 0.2) is 0 Å². The number of carbonyl (C=O) groups is 2. The Morgan fingerprint density at radius 2 is 1.74 bits per heavy atom. The summed E-state index contributed by atoms with van der Waals surface area (Å²) in [4.78, 5) is 28.3. The standard InChI is InChI=1S/C21H19N3O3/c1-27-21(26)16-6-4-15(5-7-16)20(25)23-17-10-8-14(9-11-17)18-13-22-19-3-2-12-24(18)19/h4-11,13H,2-3,12H2,1H3,(H,23,25). The minimum atomic E-state index is -0.427. The number of benzene rings is 2. The van der Waals surface area contributed by atoms with Gasteiger partial charge in [0.05, 0.1) is 24.6 Å². The number of rotatable bonds is 4. The molecule has 1 aliphatic rings. The molecule has 0 fully saturated rings. The molecular formula is C21H19N3O3. The van der Waals surface area contributed by atoms with Gasteiger partial charge in [-0.05, 0) is 48.4 Å². The Morgan fingerprint density at radius 1 is 1.04 bits per heavy atom. The third-order valence-electron chi connectivity index (χ3n) is 4.73. The van der Waals surface area contributed by atoms with Crippen molar-refractivity contribution in [3.05, 3.63) is 71.7 Å². The van der Waals surface area contributed by atoms with Crippen molar-refractivity contribution in [2.45, 2.75) is 19.4 Å². The minimum Gasteiger partial charge on any atom is -0.465 e. The molecular weight excluding hydrogens is 342 g/mol. The number of ether oxygens (including phenoxy) is 1. The van der Waals surface area contributed by atoms with E-state index in [1.165, 1.54) is 7.11 Å². The first-order valence-corrected chi connectivity index (χ1v) is 8.80. The Hall–Kier alpha value is -3.41. The molecule has 136 valence electrons. The molecule has 0 bridgehead atoms. The van der Waals surface area contributed by atoms with Crippen molar-refractivity contribution in [1.29, 1.82) is 0 Å². The first kappa shape index (κ1) is 17.0. The van der Waals surface area contributed by atoms with Crippen LogP contribution in [0.15, 0.2) is 54.7 Å². The van der Waals surface area contributed by atoms with Crippen molar-refractivity contribution in [2.75, 3.05) is 12.4 Å². The summed E-state index contributed by atoms with van der Waals surface area (Å²) < 4.78 is 6.90. The van der Waals surface area contributed by atoms with Gasteiger partial charge in [-0.3, -0.25) is 4.79 Å². The van der Waals surface area contributed by atoms with E-state index in [1.807, 2.05) is 30.5 Å². The highest BCUT2D eigenvalue weighted by Crippen LogP contribution is 2.26. The van der Waals surface area contributed by atoms with Crippen molar-refractivity contribution in [3.63, 3.8) is 0 Å². The number of methoxy groups -OCH3 is 1. The van der Waals surface area contributed by atoms with Crippen LogP contribution in [0.5, 0.6) is 0 Å². The molecule has 2 heterocycles. The van der Waals surface area contributed by atoms with Crippen LogP contribution in [-0.4, -0.2) is 28.5 Å². The minimum absolute atomic E-state index is 0.232. The number of anilines is 1. The van der Waals surface area contributed by atoms with Crippen LogP contribution in [0.3, 0.4) is 0 Å². The molecule has 0 radical (unpaired) electrons. The molecule has 0 saturated heterocycles. The van der Waals surface area contributed by atoms with Crippen LogP contribution in [0.1, 0.15) is 33.0 Å². The van der Waals surface area contributed by atoms with E-state index in [-0.39, 0.29) is 5.91 Å². The van der Waals surface area contributed by atoms with Crippen LogP contribution < -0.4 is 5.32 Å². The molecule has 0 aliphatic carbocycles. The van der Waals surface area contributed by atoms with Gasteiger partial charge in [0, 0.05) is 24.2 Å². The van der Waals surface area contributed by atoms with Crippen molar-refractivity contribution < 1.29 is 14.3 Å². The summed E-state index contributed by atoms with van der Waals surface area (Å²) >= 11 is 0. The maximum absolute atomic E-state index is 12.4. The number of imidazole rings is 1. The highest BCUT2D eigenvalue weighted by molar-refractivity contribution is 6.04. The second kappa shape index (κ2) is 7.07. The van der Waals surface area contributed by atoms with Gasteiger partial charge in [-0.15, -0.1) is 0 Å². The Labute approximate surface area is 156 Å². The molecule has 1 N–H and O–H groups in total. The molecule has 0 unspecified atom stereocenters. The van der Waals surface area contributed by atoms with Gasteiger partial charge >= 0.3 is 5.97 Å². The van der Waals surface area contributed by atoms with E-state index in [0.29, 0.717) is 16.8 Å². The quantitative estimate of drug-likeness (QED) is 0.722. The molecule has 6 heteroatoms. The highest BCUT2D eigenvalue weighted by atomic mass is 16.5. The smallest absolute Gasteiger partial charge is 0.337 e. The lowest BCUT2D eigenvalue weighted by Gasteiger charge is -2.08. The number of nitrogens with zero attached hydrogens (tertiary/aromatic N) is 2. The van der Waals surface area contributed by atoms with E-state index < -0.39 is 5.97 Å². The third kappa shape index (κ3) is 3.33. The summed E-state index contributed by atoms with van der Waals surface area (Å²) in [6, 6.07) is 14.1. The van der Waals surface area contributed by atoms with E-state index in [1.54, 1.807) is 24.3 Å². The SMILES string of the molecule is COC(=O)c1ccc(C(=O)Nc2ccc(-c3cnc4n3CCC4)cc2)cc1. The van der Waals surface area contributed by atoms with E-state index in [4.69, 9.17) is 0 Å². The van der Waals surface area contributed by atoms with Gasteiger partial charge in [0.1, 0.15) is 5.82 Å². The summed E-state index contributed by atoms with van der Waals surface area (Å²) in [5.41, 5.74) is 3.78. The van der Waals surface area contributed by atoms with Crippen molar-refractivity contribution >= 4 is 17.6 Å². The van der Waals surface area contributed by atoms with E-state index in [9.17, 15) is 9.59 Å². The van der Waals surface area contributed by atoms with Crippen LogP contribution >= 0.6 is 0 Å². The molecule has 0 spiro atoms. The van der Waals surface area contributed by atoms with Crippen LogP contribution in [-0.2, 0) is 17.7 Å². The molecule has 27 heavy (non-hydrogen) atoms. The fraction of sp³-hybridized carbons (Fsp3) is 0.190. The average molecular weight is 361 g/mol. The lowest BCUT2D eigenvalue weighted by molar-refractivity contribution is 0.0600. The Morgan fingerprint density at radius 3 is 2.44 bits per heavy atom. The Bertz CT molecular complexity index is 989. The lowest BCUT2D eigenvalue weighted by Crippen LogP contribution is -2.12. The number of hydrogen-bond acceptors (Lipinski definition) is 4. The zero-order chi connectivity index (χ0) is 18.8. The average Bonchev–Trinajstić information content (AvgIpc) is 3.32. The van der Waals surface area contributed by atoms with Crippen LogP contribution in [0.25, 0.3) is 11.3 Å². The third-order valence-corrected chi connectivity index (χ3v) is 4.73. The molecule has 1 aliphatic heterocycles. The molecule has 2 aromatic carbocycles. The number of fused-ring (bicyclic) bond motifs is 1. The monoisotopic (exact) mass is 361 g/mol. The van der Waals surface area contributed by atoms with Gasteiger partial charge in [-0.25, -0.2) is 9.78 Å². The van der Waals surface area contributed by atoms with Crippen LogP contribution in [0, 0.1) is 0 Å². The number of nitrogens with one attached hydrogen (secondary N) is 1. The molecule has 0 atom stereocenters. The summed E-state index contributed by atoms with van der Waals surface area (Å²) in [7, 11) is 1.32. The number of aromatic nitrogens is 2. The van der Waals surface area contributed by atoms with Gasteiger partial charge < -0.3 is 14.6 Å². The van der Waals surface area contributed by atoms with Gasteiger partial charge in [-0.2, -0.15) is 0 Å². The van der Waals surface area contributed by atoms with Crippen molar-refractivity contribution in [2.24, 2.45) is 0 Å². The highest BCUT2D eigenvalue weighted by Gasteiger charge is 2.16. The van der Waals surface area contributed by atoms with Gasteiger partial charge in [0.2, 0.25) is 0 Å². The molecule has 1 aromatic heterocycles. The fourth-order valence-corrected chi connectivity index (χ4v) is 3.29. The summed E-state index contributed by atoms with van der Waals surface area (Å²) in [6.07, 6.45) is 4.08. The van der Waals surface area contributed by atoms with Gasteiger partial charge in [0.25, 0.3) is 5.91 Å². The van der Waals surface area contributed by atoms with E-state index in [0.717, 1.165) is 36.5 Å².